The van der Waals surface area contributed by atoms with Crippen LogP contribution in [0.15, 0.2) is 42.5 Å². The highest BCUT2D eigenvalue weighted by molar-refractivity contribution is 5.39. The van der Waals surface area contributed by atoms with E-state index in [1.165, 1.54) is 11.1 Å². The molecule has 1 unspecified atom stereocenters. The van der Waals surface area contributed by atoms with Gasteiger partial charge in [-0.3, -0.25) is 0 Å². The van der Waals surface area contributed by atoms with Crippen molar-refractivity contribution in [2.24, 2.45) is 5.73 Å². The van der Waals surface area contributed by atoms with Crippen LogP contribution in [0.4, 0.5) is 0 Å². The summed E-state index contributed by atoms with van der Waals surface area (Å²) >= 11 is 0. The second-order valence-electron chi connectivity index (χ2n) is 5.50. The third-order valence-electron chi connectivity index (χ3n) is 3.82. The normalized spacial score (nSPS) is 14.4. The van der Waals surface area contributed by atoms with E-state index in [1.54, 1.807) is 0 Å². The molecule has 2 aromatic carbocycles. The summed E-state index contributed by atoms with van der Waals surface area (Å²) in [4.78, 5) is 0. The molecule has 0 fully saturated rings. The van der Waals surface area contributed by atoms with E-state index in [0.717, 1.165) is 36.5 Å². The Morgan fingerprint density at radius 1 is 1.19 bits per heavy atom. The molecular formula is C18H21NO2. The van der Waals surface area contributed by atoms with Crippen LogP contribution in [0.3, 0.4) is 0 Å². The second-order valence-corrected chi connectivity index (χ2v) is 5.50. The van der Waals surface area contributed by atoms with Crippen LogP contribution in [0, 0.1) is 0 Å². The second kappa shape index (κ2) is 6.19. The fourth-order valence-electron chi connectivity index (χ4n) is 2.55. The van der Waals surface area contributed by atoms with Gasteiger partial charge < -0.3 is 15.2 Å². The van der Waals surface area contributed by atoms with E-state index in [1.807, 2.05) is 31.2 Å². The fourth-order valence-corrected chi connectivity index (χ4v) is 2.55. The highest BCUT2D eigenvalue weighted by Crippen LogP contribution is 2.26. The molecule has 0 spiro atoms. The Morgan fingerprint density at radius 2 is 2.00 bits per heavy atom. The van der Waals surface area contributed by atoms with Crippen molar-refractivity contribution in [1.29, 1.82) is 0 Å². The van der Waals surface area contributed by atoms with Crippen molar-refractivity contribution in [2.75, 3.05) is 13.2 Å². The minimum absolute atomic E-state index is 0.0627. The quantitative estimate of drug-likeness (QED) is 0.916. The number of rotatable bonds is 5. The van der Waals surface area contributed by atoms with E-state index < -0.39 is 0 Å². The standard InChI is InChI=1S/C18H21NO2/c1-13(19)15-3-5-17(6-4-15)20-10-8-14-2-7-18-16(12-14)9-11-21-18/h2-7,12-13H,8-11,19H2,1H3. The van der Waals surface area contributed by atoms with Gasteiger partial charge in [-0.15, -0.1) is 0 Å². The Bertz CT molecular complexity index is 605. The van der Waals surface area contributed by atoms with Crippen LogP contribution < -0.4 is 15.2 Å². The number of benzene rings is 2. The van der Waals surface area contributed by atoms with E-state index in [0.29, 0.717) is 6.61 Å². The first-order valence-corrected chi connectivity index (χ1v) is 7.45. The highest BCUT2D eigenvalue weighted by atomic mass is 16.5. The van der Waals surface area contributed by atoms with Gasteiger partial charge in [-0.2, -0.15) is 0 Å². The number of ether oxygens (including phenoxy) is 2. The van der Waals surface area contributed by atoms with E-state index in [2.05, 4.69) is 18.2 Å². The number of hydrogen-bond acceptors (Lipinski definition) is 3. The Hall–Kier alpha value is -2.00. The molecule has 1 atom stereocenters. The van der Waals surface area contributed by atoms with E-state index in [-0.39, 0.29) is 6.04 Å². The molecule has 0 aromatic heterocycles. The number of fused-ring (bicyclic) bond motifs is 1. The SMILES string of the molecule is CC(N)c1ccc(OCCc2ccc3c(c2)CCO3)cc1. The van der Waals surface area contributed by atoms with E-state index in [4.69, 9.17) is 15.2 Å². The lowest BCUT2D eigenvalue weighted by atomic mass is 10.1. The smallest absolute Gasteiger partial charge is 0.122 e. The molecule has 0 amide bonds. The monoisotopic (exact) mass is 283 g/mol. The average molecular weight is 283 g/mol. The maximum atomic E-state index is 5.83. The Kier molecular flexibility index (Phi) is 4.11. The lowest BCUT2D eigenvalue weighted by Crippen LogP contribution is -2.05. The van der Waals surface area contributed by atoms with Crippen molar-refractivity contribution in [1.82, 2.24) is 0 Å². The summed E-state index contributed by atoms with van der Waals surface area (Å²) in [6, 6.07) is 14.5. The van der Waals surface area contributed by atoms with Crippen LogP contribution >= 0.6 is 0 Å². The van der Waals surface area contributed by atoms with Crippen molar-refractivity contribution in [3.8, 4) is 11.5 Å². The molecule has 0 aliphatic carbocycles. The fraction of sp³-hybridized carbons (Fsp3) is 0.333. The molecule has 0 radical (unpaired) electrons. The van der Waals surface area contributed by atoms with Crippen LogP contribution in [0.2, 0.25) is 0 Å². The van der Waals surface area contributed by atoms with Gasteiger partial charge in [-0.05, 0) is 41.8 Å². The topological polar surface area (TPSA) is 44.5 Å². The Morgan fingerprint density at radius 3 is 2.76 bits per heavy atom. The lowest BCUT2D eigenvalue weighted by Gasteiger charge is -2.09. The van der Waals surface area contributed by atoms with Crippen molar-refractivity contribution in [3.05, 3.63) is 59.2 Å². The maximum Gasteiger partial charge on any atom is 0.122 e. The van der Waals surface area contributed by atoms with Gasteiger partial charge in [0.25, 0.3) is 0 Å². The van der Waals surface area contributed by atoms with Gasteiger partial charge >= 0.3 is 0 Å². The lowest BCUT2D eigenvalue weighted by molar-refractivity contribution is 0.321. The van der Waals surface area contributed by atoms with Crippen molar-refractivity contribution in [3.63, 3.8) is 0 Å². The summed E-state index contributed by atoms with van der Waals surface area (Å²) in [6.45, 7) is 3.46. The third kappa shape index (κ3) is 3.37. The maximum absolute atomic E-state index is 5.83. The largest absolute Gasteiger partial charge is 0.493 e. The van der Waals surface area contributed by atoms with Gasteiger partial charge in [0, 0.05) is 18.9 Å². The predicted octanol–water partition coefficient (Wildman–Crippen LogP) is 3.26. The number of nitrogens with two attached hydrogens (primary N) is 1. The van der Waals surface area contributed by atoms with Crippen molar-refractivity contribution >= 4 is 0 Å². The van der Waals surface area contributed by atoms with Gasteiger partial charge in [-0.25, -0.2) is 0 Å². The molecule has 1 aliphatic rings. The molecule has 3 heteroatoms. The molecule has 1 heterocycles. The van der Waals surface area contributed by atoms with E-state index >= 15 is 0 Å². The summed E-state index contributed by atoms with van der Waals surface area (Å²) < 4.78 is 11.3. The van der Waals surface area contributed by atoms with Crippen molar-refractivity contribution < 1.29 is 9.47 Å². The van der Waals surface area contributed by atoms with Crippen molar-refractivity contribution in [2.45, 2.75) is 25.8 Å². The zero-order chi connectivity index (χ0) is 14.7. The van der Waals surface area contributed by atoms with Crippen LogP contribution in [-0.4, -0.2) is 13.2 Å². The molecule has 0 bridgehead atoms. The first-order chi connectivity index (χ1) is 10.2. The van der Waals surface area contributed by atoms with Crippen LogP contribution in [0.5, 0.6) is 11.5 Å². The van der Waals surface area contributed by atoms with Gasteiger partial charge in [-0.1, -0.05) is 24.3 Å². The molecule has 0 saturated heterocycles. The summed E-state index contributed by atoms with van der Waals surface area (Å²) in [7, 11) is 0. The molecule has 0 saturated carbocycles. The average Bonchev–Trinajstić information content (AvgIpc) is 2.95. The number of hydrogen-bond donors (Lipinski definition) is 1. The molecule has 110 valence electrons. The zero-order valence-electron chi connectivity index (χ0n) is 12.3. The van der Waals surface area contributed by atoms with Gasteiger partial charge in [0.1, 0.15) is 11.5 Å². The zero-order valence-corrected chi connectivity index (χ0v) is 12.3. The van der Waals surface area contributed by atoms with Gasteiger partial charge in [0.15, 0.2) is 0 Å². The molecule has 3 nitrogen and oxygen atoms in total. The molecule has 3 rings (SSSR count). The Balaban J connectivity index is 1.54. The highest BCUT2D eigenvalue weighted by Gasteiger charge is 2.11. The summed E-state index contributed by atoms with van der Waals surface area (Å²) in [5.74, 6) is 1.93. The summed E-state index contributed by atoms with van der Waals surface area (Å²) in [5, 5.41) is 0. The Labute approximate surface area is 125 Å². The molecule has 2 aromatic rings. The molecule has 2 N–H and O–H groups in total. The van der Waals surface area contributed by atoms with E-state index in [9.17, 15) is 0 Å². The van der Waals surface area contributed by atoms with Gasteiger partial charge in [0.05, 0.1) is 13.2 Å². The summed E-state index contributed by atoms with van der Waals surface area (Å²) in [6.07, 6.45) is 1.92. The molecule has 21 heavy (non-hydrogen) atoms. The van der Waals surface area contributed by atoms with Crippen LogP contribution in [0.25, 0.3) is 0 Å². The first kappa shape index (κ1) is 14.0. The van der Waals surface area contributed by atoms with Crippen LogP contribution in [0.1, 0.15) is 29.7 Å². The van der Waals surface area contributed by atoms with Gasteiger partial charge in [0.2, 0.25) is 0 Å². The minimum atomic E-state index is 0.0627. The minimum Gasteiger partial charge on any atom is -0.493 e. The molecule has 1 aliphatic heterocycles. The summed E-state index contributed by atoms with van der Waals surface area (Å²) in [5.41, 5.74) is 9.57. The van der Waals surface area contributed by atoms with Crippen LogP contribution in [-0.2, 0) is 12.8 Å². The molecular weight excluding hydrogens is 262 g/mol. The predicted molar refractivity (Wildman–Crippen MR) is 83.9 cm³/mol. The first-order valence-electron chi connectivity index (χ1n) is 7.45. The third-order valence-corrected chi connectivity index (χ3v) is 3.82.